The second-order valence-corrected chi connectivity index (χ2v) is 5.48. The standard InChI is InChI=1S/C13H19N3O3S/c1-19-12(17)11(10-3-8-20-9-10)15-4-2-5-16(7-6-15)13(14)18/h3,8-9,11H,2,4-7H2,1H3,(H2,14,18)/t11-/m1/s1. The molecule has 2 amide bonds. The van der Waals surface area contributed by atoms with Gasteiger partial charge in [-0.3, -0.25) is 4.90 Å². The average molecular weight is 297 g/mol. The monoisotopic (exact) mass is 297 g/mol. The SMILES string of the molecule is COC(=O)[C@@H](c1ccsc1)N1CCCN(C(N)=O)CC1. The van der Waals surface area contributed by atoms with Crippen molar-refractivity contribution in [2.24, 2.45) is 5.73 Å². The van der Waals surface area contributed by atoms with Crippen LogP contribution in [-0.4, -0.2) is 55.1 Å². The highest BCUT2D eigenvalue weighted by Gasteiger charge is 2.30. The molecule has 1 aromatic heterocycles. The summed E-state index contributed by atoms with van der Waals surface area (Å²) in [5.74, 6) is -0.268. The zero-order chi connectivity index (χ0) is 14.5. The predicted octanol–water partition coefficient (Wildman–Crippen LogP) is 1.05. The summed E-state index contributed by atoms with van der Waals surface area (Å²) in [5.41, 5.74) is 6.26. The smallest absolute Gasteiger partial charge is 0.327 e. The van der Waals surface area contributed by atoms with E-state index < -0.39 is 12.1 Å². The van der Waals surface area contributed by atoms with Crippen LogP contribution in [0, 0.1) is 0 Å². The van der Waals surface area contributed by atoms with Crippen molar-refractivity contribution in [3.8, 4) is 0 Å². The van der Waals surface area contributed by atoms with E-state index in [9.17, 15) is 9.59 Å². The van der Waals surface area contributed by atoms with E-state index in [1.54, 1.807) is 16.2 Å². The number of methoxy groups -OCH3 is 1. The molecule has 0 aromatic carbocycles. The van der Waals surface area contributed by atoms with Gasteiger partial charge in [0.05, 0.1) is 7.11 Å². The van der Waals surface area contributed by atoms with Crippen LogP contribution in [0.2, 0.25) is 0 Å². The minimum atomic E-state index is -0.406. The van der Waals surface area contributed by atoms with Crippen LogP contribution >= 0.6 is 11.3 Å². The van der Waals surface area contributed by atoms with Crippen LogP contribution in [-0.2, 0) is 9.53 Å². The summed E-state index contributed by atoms with van der Waals surface area (Å²) in [4.78, 5) is 27.0. The van der Waals surface area contributed by atoms with Crippen LogP contribution in [0.15, 0.2) is 16.8 Å². The molecule has 2 rings (SSSR count). The van der Waals surface area contributed by atoms with Gasteiger partial charge >= 0.3 is 12.0 Å². The number of thiophene rings is 1. The topological polar surface area (TPSA) is 75.9 Å². The first-order valence-corrected chi connectivity index (χ1v) is 7.46. The van der Waals surface area contributed by atoms with Gasteiger partial charge in [-0.15, -0.1) is 0 Å². The van der Waals surface area contributed by atoms with E-state index in [1.807, 2.05) is 16.8 Å². The Morgan fingerprint density at radius 2 is 2.15 bits per heavy atom. The van der Waals surface area contributed by atoms with E-state index in [0.29, 0.717) is 19.6 Å². The first-order chi connectivity index (χ1) is 9.63. The highest BCUT2D eigenvalue weighted by molar-refractivity contribution is 7.08. The van der Waals surface area contributed by atoms with E-state index >= 15 is 0 Å². The van der Waals surface area contributed by atoms with Gasteiger partial charge < -0.3 is 15.4 Å². The quantitative estimate of drug-likeness (QED) is 0.846. The lowest BCUT2D eigenvalue weighted by molar-refractivity contribution is -0.147. The number of carbonyl (C=O) groups is 2. The van der Waals surface area contributed by atoms with E-state index in [1.165, 1.54) is 7.11 Å². The summed E-state index contributed by atoms with van der Waals surface area (Å²) in [6.45, 7) is 2.51. The van der Waals surface area contributed by atoms with Crippen LogP contribution in [0.5, 0.6) is 0 Å². The summed E-state index contributed by atoms with van der Waals surface area (Å²) in [6.07, 6.45) is 0.792. The maximum Gasteiger partial charge on any atom is 0.327 e. The van der Waals surface area contributed by atoms with Gasteiger partial charge in [0, 0.05) is 26.2 Å². The van der Waals surface area contributed by atoms with Crippen molar-refractivity contribution >= 4 is 23.3 Å². The lowest BCUT2D eigenvalue weighted by atomic mass is 10.1. The summed E-state index contributed by atoms with van der Waals surface area (Å²) in [7, 11) is 1.40. The fraction of sp³-hybridized carbons (Fsp3) is 0.538. The van der Waals surface area contributed by atoms with Gasteiger partial charge in [-0.2, -0.15) is 11.3 Å². The summed E-state index contributed by atoms with van der Waals surface area (Å²) < 4.78 is 4.92. The molecule has 1 aliphatic heterocycles. The molecule has 1 atom stereocenters. The molecular formula is C13H19N3O3S. The Morgan fingerprint density at radius 3 is 2.75 bits per heavy atom. The summed E-state index contributed by atoms with van der Waals surface area (Å²) >= 11 is 1.55. The third-order valence-electron chi connectivity index (χ3n) is 3.49. The van der Waals surface area contributed by atoms with Crippen LogP contribution in [0.4, 0.5) is 4.79 Å². The van der Waals surface area contributed by atoms with Crippen molar-refractivity contribution in [2.75, 3.05) is 33.3 Å². The van der Waals surface area contributed by atoms with Gasteiger partial charge in [0.15, 0.2) is 0 Å². The molecule has 0 bridgehead atoms. The maximum atomic E-state index is 12.1. The second kappa shape index (κ2) is 6.71. The van der Waals surface area contributed by atoms with Crippen molar-refractivity contribution in [2.45, 2.75) is 12.5 Å². The molecule has 2 heterocycles. The van der Waals surface area contributed by atoms with Crippen LogP contribution in [0.1, 0.15) is 18.0 Å². The number of ether oxygens (including phenoxy) is 1. The second-order valence-electron chi connectivity index (χ2n) is 4.70. The molecule has 0 radical (unpaired) electrons. The number of hydrogen-bond donors (Lipinski definition) is 1. The normalized spacial score (nSPS) is 18.4. The Labute approximate surface area is 122 Å². The Morgan fingerprint density at radius 1 is 1.35 bits per heavy atom. The third-order valence-corrected chi connectivity index (χ3v) is 4.19. The van der Waals surface area contributed by atoms with E-state index in [-0.39, 0.29) is 5.97 Å². The highest BCUT2D eigenvalue weighted by atomic mass is 32.1. The zero-order valence-electron chi connectivity index (χ0n) is 11.4. The minimum absolute atomic E-state index is 0.268. The molecule has 110 valence electrons. The molecule has 1 fully saturated rings. The zero-order valence-corrected chi connectivity index (χ0v) is 12.3. The third kappa shape index (κ3) is 3.29. The molecule has 0 spiro atoms. The molecule has 1 aromatic rings. The van der Waals surface area contributed by atoms with Gasteiger partial charge in [-0.1, -0.05) is 0 Å². The van der Waals surface area contributed by atoms with Crippen molar-refractivity contribution in [1.29, 1.82) is 0 Å². The first-order valence-electron chi connectivity index (χ1n) is 6.52. The number of nitrogens with zero attached hydrogens (tertiary/aromatic N) is 2. The highest BCUT2D eigenvalue weighted by Crippen LogP contribution is 2.25. The van der Waals surface area contributed by atoms with Crippen molar-refractivity contribution in [1.82, 2.24) is 9.80 Å². The fourth-order valence-electron chi connectivity index (χ4n) is 2.45. The molecular weight excluding hydrogens is 278 g/mol. The van der Waals surface area contributed by atoms with Crippen molar-refractivity contribution < 1.29 is 14.3 Å². The number of nitrogens with two attached hydrogens (primary N) is 1. The van der Waals surface area contributed by atoms with Gasteiger partial charge in [0.2, 0.25) is 0 Å². The summed E-state index contributed by atoms with van der Waals surface area (Å²) in [6, 6.07) is 1.12. The number of hydrogen-bond acceptors (Lipinski definition) is 5. The number of urea groups is 1. The van der Waals surface area contributed by atoms with Crippen molar-refractivity contribution in [3.05, 3.63) is 22.4 Å². The number of carbonyl (C=O) groups excluding carboxylic acids is 2. The molecule has 6 nitrogen and oxygen atoms in total. The van der Waals surface area contributed by atoms with E-state index in [4.69, 9.17) is 10.5 Å². The first kappa shape index (κ1) is 14.8. The largest absolute Gasteiger partial charge is 0.468 e. The minimum Gasteiger partial charge on any atom is -0.468 e. The number of rotatable bonds is 3. The lowest BCUT2D eigenvalue weighted by Crippen LogP contribution is -2.40. The lowest BCUT2D eigenvalue weighted by Gasteiger charge is -2.28. The van der Waals surface area contributed by atoms with E-state index in [2.05, 4.69) is 4.90 Å². The Hall–Kier alpha value is -1.60. The average Bonchev–Trinajstić information content (AvgIpc) is 2.83. The Bertz CT molecular complexity index is 463. The molecule has 0 unspecified atom stereocenters. The Balaban J connectivity index is 2.13. The van der Waals surface area contributed by atoms with Gasteiger partial charge in [-0.25, -0.2) is 9.59 Å². The molecule has 0 aliphatic carbocycles. The molecule has 0 saturated carbocycles. The Kier molecular flexibility index (Phi) is 4.97. The van der Waals surface area contributed by atoms with E-state index in [0.717, 1.165) is 18.5 Å². The molecule has 7 heteroatoms. The van der Waals surface area contributed by atoms with Gasteiger partial charge in [0.25, 0.3) is 0 Å². The number of esters is 1. The fourth-order valence-corrected chi connectivity index (χ4v) is 3.13. The molecule has 20 heavy (non-hydrogen) atoms. The number of primary amides is 1. The summed E-state index contributed by atoms with van der Waals surface area (Å²) in [5, 5.41) is 3.90. The van der Waals surface area contributed by atoms with Crippen LogP contribution < -0.4 is 5.73 Å². The van der Waals surface area contributed by atoms with Crippen LogP contribution in [0.25, 0.3) is 0 Å². The van der Waals surface area contributed by atoms with Gasteiger partial charge in [0.1, 0.15) is 6.04 Å². The predicted molar refractivity (Wildman–Crippen MR) is 76.4 cm³/mol. The number of amides is 2. The van der Waals surface area contributed by atoms with Crippen molar-refractivity contribution in [3.63, 3.8) is 0 Å². The van der Waals surface area contributed by atoms with Crippen LogP contribution in [0.3, 0.4) is 0 Å². The molecule has 1 aliphatic rings. The maximum absolute atomic E-state index is 12.1. The molecule has 2 N–H and O–H groups in total. The van der Waals surface area contributed by atoms with Gasteiger partial charge in [-0.05, 0) is 28.8 Å². The molecule has 1 saturated heterocycles.